The minimum absolute atomic E-state index is 0.0222. The minimum atomic E-state index is -0.0546. The third kappa shape index (κ3) is 4.53. The topological polar surface area (TPSA) is 52.6 Å². The van der Waals surface area contributed by atoms with Gasteiger partial charge in [0.25, 0.3) is 0 Å². The zero-order valence-corrected chi connectivity index (χ0v) is 9.16. The van der Waals surface area contributed by atoms with Crippen LogP contribution in [-0.2, 0) is 19.1 Å². The Balaban J connectivity index is 2.16. The Hall–Kier alpha value is -0.740. The van der Waals surface area contributed by atoms with Crippen molar-refractivity contribution in [2.75, 3.05) is 26.4 Å². The van der Waals surface area contributed by atoms with Gasteiger partial charge < -0.3 is 9.47 Å². The van der Waals surface area contributed by atoms with E-state index in [1.54, 1.807) is 0 Å². The third-order valence-electron chi connectivity index (χ3n) is 2.49. The largest absolute Gasteiger partial charge is 0.381 e. The van der Waals surface area contributed by atoms with Gasteiger partial charge in [0, 0.05) is 25.6 Å². The molecule has 0 bridgehead atoms. The molecule has 0 aliphatic carbocycles. The van der Waals surface area contributed by atoms with Crippen LogP contribution in [0.1, 0.15) is 26.2 Å². The summed E-state index contributed by atoms with van der Waals surface area (Å²) in [5.41, 5.74) is 0. The lowest BCUT2D eigenvalue weighted by Crippen LogP contribution is -2.19. The van der Waals surface area contributed by atoms with Crippen LogP contribution < -0.4 is 0 Å². The molecule has 0 aromatic heterocycles. The average molecular weight is 214 g/mol. The lowest BCUT2D eigenvalue weighted by atomic mass is 9.98. The summed E-state index contributed by atoms with van der Waals surface area (Å²) < 4.78 is 10.2. The van der Waals surface area contributed by atoms with Crippen molar-refractivity contribution in [3.63, 3.8) is 0 Å². The monoisotopic (exact) mass is 214 g/mol. The molecule has 0 saturated carbocycles. The average Bonchev–Trinajstić information content (AvgIpc) is 2.70. The van der Waals surface area contributed by atoms with E-state index in [1.165, 1.54) is 0 Å². The van der Waals surface area contributed by atoms with Crippen molar-refractivity contribution in [1.82, 2.24) is 0 Å². The molecule has 15 heavy (non-hydrogen) atoms. The molecule has 0 radical (unpaired) electrons. The molecule has 1 saturated heterocycles. The molecule has 4 nitrogen and oxygen atoms in total. The van der Waals surface area contributed by atoms with Gasteiger partial charge in [0.05, 0.1) is 19.6 Å². The van der Waals surface area contributed by atoms with E-state index in [9.17, 15) is 9.59 Å². The van der Waals surface area contributed by atoms with Gasteiger partial charge in [-0.15, -0.1) is 0 Å². The van der Waals surface area contributed by atoms with Crippen LogP contribution in [0.25, 0.3) is 0 Å². The molecule has 1 fully saturated rings. The van der Waals surface area contributed by atoms with E-state index in [2.05, 4.69) is 0 Å². The molecular formula is C11H18O4. The summed E-state index contributed by atoms with van der Waals surface area (Å²) >= 11 is 0. The number of ketones is 2. The second kappa shape index (κ2) is 6.69. The standard InChI is InChI=1S/C11H18O4/c1-2-14-6-4-10(12)7-11(13)9-3-5-15-8-9/h9H,2-8H2,1H3. The zero-order chi connectivity index (χ0) is 11.1. The quantitative estimate of drug-likeness (QED) is 0.468. The van der Waals surface area contributed by atoms with Gasteiger partial charge >= 0.3 is 0 Å². The van der Waals surface area contributed by atoms with E-state index < -0.39 is 0 Å². The number of carbonyl (C=O) groups is 2. The molecule has 0 aromatic rings. The minimum Gasteiger partial charge on any atom is -0.381 e. The first kappa shape index (κ1) is 12.3. The van der Waals surface area contributed by atoms with Crippen molar-refractivity contribution in [2.24, 2.45) is 5.92 Å². The number of Topliss-reactive ketones (excluding diaryl/α,β-unsaturated/α-hetero) is 2. The van der Waals surface area contributed by atoms with Crippen LogP contribution in [-0.4, -0.2) is 38.0 Å². The van der Waals surface area contributed by atoms with Gasteiger partial charge in [-0.05, 0) is 13.3 Å². The summed E-state index contributed by atoms with van der Waals surface area (Å²) in [6, 6.07) is 0. The van der Waals surface area contributed by atoms with Gasteiger partial charge in [0.2, 0.25) is 0 Å². The van der Waals surface area contributed by atoms with Crippen molar-refractivity contribution in [3.8, 4) is 0 Å². The summed E-state index contributed by atoms with van der Waals surface area (Å²) in [6.07, 6.45) is 1.14. The zero-order valence-electron chi connectivity index (χ0n) is 9.16. The Kier molecular flexibility index (Phi) is 5.50. The number of rotatable bonds is 7. The molecule has 4 heteroatoms. The van der Waals surface area contributed by atoms with Crippen LogP contribution in [0.3, 0.4) is 0 Å². The highest BCUT2D eigenvalue weighted by molar-refractivity contribution is 6.00. The van der Waals surface area contributed by atoms with Crippen LogP contribution in [0, 0.1) is 5.92 Å². The van der Waals surface area contributed by atoms with Gasteiger partial charge in [0.15, 0.2) is 0 Å². The Labute approximate surface area is 89.9 Å². The molecule has 1 unspecified atom stereocenters. The fourth-order valence-corrected chi connectivity index (χ4v) is 1.55. The van der Waals surface area contributed by atoms with Crippen molar-refractivity contribution in [3.05, 3.63) is 0 Å². The fraction of sp³-hybridized carbons (Fsp3) is 0.818. The Morgan fingerprint density at radius 2 is 2.27 bits per heavy atom. The van der Waals surface area contributed by atoms with E-state index in [-0.39, 0.29) is 23.9 Å². The molecule has 0 N–H and O–H groups in total. The Morgan fingerprint density at radius 3 is 2.87 bits per heavy atom. The van der Waals surface area contributed by atoms with Gasteiger partial charge in [-0.25, -0.2) is 0 Å². The third-order valence-corrected chi connectivity index (χ3v) is 2.49. The van der Waals surface area contributed by atoms with Gasteiger partial charge in [-0.3, -0.25) is 9.59 Å². The fourth-order valence-electron chi connectivity index (χ4n) is 1.55. The van der Waals surface area contributed by atoms with Crippen LogP contribution in [0.4, 0.5) is 0 Å². The highest BCUT2D eigenvalue weighted by Crippen LogP contribution is 2.15. The van der Waals surface area contributed by atoms with Crippen molar-refractivity contribution in [1.29, 1.82) is 0 Å². The molecule has 1 aliphatic rings. The van der Waals surface area contributed by atoms with Crippen LogP contribution in [0.5, 0.6) is 0 Å². The first-order chi connectivity index (χ1) is 7.24. The highest BCUT2D eigenvalue weighted by Gasteiger charge is 2.24. The van der Waals surface area contributed by atoms with Crippen molar-refractivity contribution in [2.45, 2.75) is 26.2 Å². The predicted molar refractivity (Wildman–Crippen MR) is 54.7 cm³/mol. The molecule has 86 valence electrons. The summed E-state index contributed by atoms with van der Waals surface area (Å²) in [5, 5.41) is 0. The normalized spacial score (nSPS) is 20.5. The molecule has 0 amide bonds. The first-order valence-corrected chi connectivity index (χ1v) is 5.44. The SMILES string of the molecule is CCOCCC(=O)CC(=O)C1CCOC1. The van der Waals surface area contributed by atoms with Crippen molar-refractivity contribution < 1.29 is 19.1 Å². The number of hydrogen-bond acceptors (Lipinski definition) is 4. The van der Waals surface area contributed by atoms with E-state index in [0.717, 1.165) is 6.42 Å². The lowest BCUT2D eigenvalue weighted by Gasteiger charge is -2.05. The number of carbonyl (C=O) groups excluding carboxylic acids is 2. The Morgan fingerprint density at radius 1 is 1.47 bits per heavy atom. The number of hydrogen-bond donors (Lipinski definition) is 0. The Bertz CT molecular complexity index is 219. The molecule has 1 atom stereocenters. The van der Waals surface area contributed by atoms with Crippen LogP contribution >= 0.6 is 0 Å². The summed E-state index contributed by atoms with van der Waals surface area (Å²) in [5.74, 6) is -0.0598. The predicted octanol–water partition coefficient (Wildman–Crippen LogP) is 0.978. The van der Waals surface area contributed by atoms with Crippen molar-refractivity contribution >= 4 is 11.6 Å². The molecule has 1 heterocycles. The molecule has 1 rings (SSSR count). The van der Waals surface area contributed by atoms with E-state index in [0.29, 0.717) is 32.8 Å². The van der Waals surface area contributed by atoms with Gasteiger partial charge in [0.1, 0.15) is 11.6 Å². The number of ether oxygens (including phenoxy) is 2. The smallest absolute Gasteiger partial charge is 0.145 e. The second-order valence-electron chi connectivity index (χ2n) is 3.69. The maximum absolute atomic E-state index is 11.5. The molecule has 0 aromatic carbocycles. The van der Waals surface area contributed by atoms with E-state index >= 15 is 0 Å². The van der Waals surface area contributed by atoms with E-state index in [4.69, 9.17) is 9.47 Å². The second-order valence-corrected chi connectivity index (χ2v) is 3.69. The maximum Gasteiger partial charge on any atom is 0.145 e. The van der Waals surface area contributed by atoms with E-state index in [1.807, 2.05) is 6.92 Å². The van der Waals surface area contributed by atoms with Gasteiger partial charge in [-0.2, -0.15) is 0 Å². The molecule has 1 aliphatic heterocycles. The summed E-state index contributed by atoms with van der Waals surface area (Å²) in [6.45, 7) is 4.04. The summed E-state index contributed by atoms with van der Waals surface area (Å²) in [4.78, 5) is 22.9. The van der Waals surface area contributed by atoms with Crippen LogP contribution in [0.2, 0.25) is 0 Å². The highest BCUT2D eigenvalue weighted by atomic mass is 16.5. The maximum atomic E-state index is 11.5. The first-order valence-electron chi connectivity index (χ1n) is 5.44. The molecular weight excluding hydrogens is 196 g/mol. The molecule has 0 spiro atoms. The lowest BCUT2D eigenvalue weighted by molar-refractivity contribution is -0.129. The van der Waals surface area contributed by atoms with Gasteiger partial charge in [-0.1, -0.05) is 0 Å². The summed E-state index contributed by atoms with van der Waals surface area (Å²) in [7, 11) is 0. The van der Waals surface area contributed by atoms with Crippen LogP contribution in [0.15, 0.2) is 0 Å².